The number of nitrogens with zero attached hydrogens (tertiary/aromatic N) is 2. The van der Waals surface area contributed by atoms with E-state index in [-0.39, 0.29) is 5.82 Å². The fourth-order valence-electron chi connectivity index (χ4n) is 5.11. The van der Waals surface area contributed by atoms with Crippen molar-refractivity contribution in [1.29, 1.82) is 0 Å². The molecule has 0 atom stereocenters. The molecule has 1 aliphatic carbocycles. The van der Waals surface area contributed by atoms with Crippen molar-refractivity contribution in [1.82, 2.24) is 10.1 Å². The van der Waals surface area contributed by atoms with Gasteiger partial charge in [-0.05, 0) is 60.2 Å². The largest absolute Gasteiger partial charge is 0.481 e. The van der Waals surface area contributed by atoms with Crippen molar-refractivity contribution in [3.63, 3.8) is 0 Å². The van der Waals surface area contributed by atoms with Gasteiger partial charge in [0.2, 0.25) is 0 Å². The van der Waals surface area contributed by atoms with Crippen LogP contribution < -0.4 is 0 Å². The molecule has 5 nitrogen and oxygen atoms in total. The Morgan fingerprint density at radius 2 is 1.46 bits per heavy atom. The quantitative estimate of drug-likeness (QED) is 0.236. The predicted molar refractivity (Wildman–Crippen MR) is 147 cm³/mol. The zero-order chi connectivity index (χ0) is 27.0. The van der Waals surface area contributed by atoms with Gasteiger partial charge in [-0.2, -0.15) is 0 Å². The molecule has 0 amide bonds. The maximum Gasteiger partial charge on any atom is 0.314 e. The van der Waals surface area contributed by atoms with Crippen LogP contribution in [0.15, 0.2) is 95.5 Å². The Morgan fingerprint density at radius 1 is 0.846 bits per heavy atom. The summed E-state index contributed by atoms with van der Waals surface area (Å²) in [4.78, 5) is 16.4. The van der Waals surface area contributed by atoms with Gasteiger partial charge in [0.15, 0.2) is 5.76 Å². The average Bonchev–Trinajstić information content (AvgIpc) is 3.70. The first kappa shape index (κ1) is 24.7. The molecule has 0 aliphatic heterocycles. The highest BCUT2D eigenvalue weighted by molar-refractivity contribution is 5.85. The number of carboxylic acid groups (broad SMARTS) is 1. The van der Waals surface area contributed by atoms with Crippen LogP contribution >= 0.6 is 0 Å². The maximum absolute atomic E-state index is 14.1. The summed E-state index contributed by atoms with van der Waals surface area (Å²) in [5.74, 6) is -0.272. The molecule has 1 N–H and O–H groups in total. The number of aromatic nitrogens is 2. The highest BCUT2D eigenvalue weighted by atomic mass is 19.1. The van der Waals surface area contributed by atoms with E-state index < -0.39 is 11.4 Å². The zero-order valence-electron chi connectivity index (χ0n) is 21.5. The van der Waals surface area contributed by atoms with E-state index in [2.05, 4.69) is 5.16 Å². The molecule has 0 unspecified atom stereocenters. The van der Waals surface area contributed by atoms with Crippen molar-refractivity contribution in [3.8, 4) is 22.5 Å². The van der Waals surface area contributed by atoms with Crippen LogP contribution in [0.1, 0.15) is 46.6 Å². The van der Waals surface area contributed by atoms with E-state index in [1.54, 1.807) is 12.1 Å². The van der Waals surface area contributed by atoms with Crippen molar-refractivity contribution < 1.29 is 18.8 Å². The third-order valence-electron chi connectivity index (χ3n) is 7.61. The van der Waals surface area contributed by atoms with Gasteiger partial charge in [0.05, 0.1) is 11.1 Å². The molecule has 0 radical (unpaired) electrons. The van der Waals surface area contributed by atoms with Gasteiger partial charge >= 0.3 is 5.97 Å². The van der Waals surface area contributed by atoms with Gasteiger partial charge in [-0.3, -0.25) is 9.78 Å². The molecule has 0 saturated heterocycles. The summed E-state index contributed by atoms with van der Waals surface area (Å²) in [6.07, 6.45) is 2.36. The molecule has 2 aromatic heterocycles. The predicted octanol–water partition coefficient (Wildman–Crippen LogP) is 7.15. The van der Waals surface area contributed by atoms with E-state index in [9.17, 15) is 14.3 Å². The number of carboxylic acids is 1. The average molecular weight is 519 g/mol. The van der Waals surface area contributed by atoms with Crippen LogP contribution in [-0.4, -0.2) is 21.2 Å². The molecule has 0 bridgehead atoms. The van der Waals surface area contributed by atoms with Crippen molar-refractivity contribution >= 4 is 5.97 Å². The first-order valence-corrected chi connectivity index (χ1v) is 13.0. The Bertz CT molecular complexity index is 1650. The zero-order valence-corrected chi connectivity index (χ0v) is 21.5. The van der Waals surface area contributed by atoms with Crippen molar-refractivity contribution in [3.05, 3.63) is 131 Å². The van der Waals surface area contributed by atoms with Crippen LogP contribution in [0.4, 0.5) is 4.39 Å². The lowest BCUT2D eigenvalue weighted by Gasteiger charge is -2.11. The Hall–Kier alpha value is -4.58. The van der Waals surface area contributed by atoms with Crippen molar-refractivity contribution in [2.45, 2.75) is 38.0 Å². The van der Waals surface area contributed by atoms with Crippen LogP contribution in [0.25, 0.3) is 22.5 Å². The highest BCUT2D eigenvalue weighted by Gasteiger charge is 2.51. The second-order valence-electron chi connectivity index (χ2n) is 10.2. The van der Waals surface area contributed by atoms with E-state index in [1.807, 2.05) is 79.7 Å². The summed E-state index contributed by atoms with van der Waals surface area (Å²) < 4.78 is 19.9. The maximum atomic E-state index is 14.1. The van der Waals surface area contributed by atoms with Crippen molar-refractivity contribution in [2.24, 2.45) is 0 Å². The number of aliphatic carboxylic acids is 1. The monoisotopic (exact) mass is 518 g/mol. The summed E-state index contributed by atoms with van der Waals surface area (Å²) >= 11 is 0. The molecule has 1 fully saturated rings. The second-order valence-corrected chi connectivity index (χ2v) is 10.2. The minimum atomic E-state index is -0.746. The second kappa shape index (κ2) is 9.95. The number of hydrogen-bond donors (Lipinski definition) is 1. The molecule has 6 heteroatoms. The standard InChI is InChI=1S/C33H27FN2O3/c1-21-29(20-28-7-4-6-27(35-28)19-25-5-2-3-8-30(25)34)31(39-36-21)24-11-9-22(10-12-24)23-13-15-26(16-14-23)33(17-18-33)32(37)38/h2-16H,17-20H2,1H3,(H,37,38). The Morgan fingerprint density at radius 3 is 2.10 bits per heavy atom. The number of aryl methyl sites for hydroxylation is 1. The number of rotatable bonds is 8. The lowest BCUT2D eigenvalue weighted by atomic mass is 9.93. The molecule has 5 aromatic rings. The third-order valence-corrected chi connectivity index (χ3v) is 7.61. The number of benzene rings is 3. The van der Waals surface area contributed by atoms with E-state index in [1.165, 1.54) is 6.07 Å². The topological polar surface area (TPSA) is 76.2 Å². The summed E-state index contributed by atoms with van der Waals surface area (Å²) in [7, 11) is 0. The Kier molecular flexibility index (Phi) is 6.31. The van der Waals surface area contributed by atoms with Crippen LogP contribution in [-0.2, 0) is 23.1 Å². The molecule has 3 aromatic carbocycles. The summed E-state index contributed by atoms with van der Waals surface area (Å²) in [6.45, 7) is 1.92. The minimum absolute atomic E-state index is 0.228. The molecule has 0 spiro atoms. The highest BCUT2D eigenvalue weighted by Crippen LogP contribution is 2.48. The van der Waals surface area contributed by atoms with E-state index in [4.69, 9.17) is 9.51 Å². The molecular formula is C33H27FN2O3. The first-order valence-electron chi connectivity index (χ1n) is 13.0. The van der Waals surface area contributed by atoms with E-state index >= 15 is 0 Å². The van der Waals surface area contributed by atoms with Crippen LogP contribution in [0.3, 0.4) is 0 Å². The fourth-order valence-corrected chi connectivity index (χ4v) is 5.11. The SMILES string of the molecule is Cc1noc(-c2ccc(-c3ccc(C4(C(=O)O)CC4)cc3)cc2)c1Cc1cccc(Cc2ccccc2F)n1. The van der Waals surface area contributed by atoms with Gasteiger partial charge in [0.25, 0.3) is 0 Å². The molecule has 39 heavy (non-hydrogen) atoms. The van der Waals surface area contributed by atoms with Crippen LogP contribution in [0.2, 0.25) is 0 Å². The van der Waals surface area contributed by atoms with Gasteiger partial charge in [0, 0.05) is 35.4 Å². The van der Waals surface area contributed by atoms with Crippen molar-refractivity contribution in [2.75, 3.05) is 0 Å². The molecule has 2 heterocycles. The van der Waals surface area contributed by atoms with E-state index in [0.29, 0.717) is 37.0 Å². The Balaban J connectivity index is 1.21. The van der Waals surface area contributed by atoms with Gasteiger partial charge in [0.1, 0.15) is 5.82 Å². The number of halogens is 1. The Labute approximate surface area is 226 Å². The van der Waals surface area contributed by atoms with Crippen LogP contribution in [0, 0.1) is 12.7 Å². The summed E-state index contributed by atoms with van der Waals surface area (Å²) in [5.41, 5.74) is 7.19. The third kappa shape index (κ3) is 4.86. The molecule has 6 rings (SSSR count). The first-order chi connectivity index (χ1) is 18.9. The van der Waals surface area contributed by atoms with Gasteiger partial charge in [-0.25, -0.2) is 4.39 Å². The summed E-state index contributed by atoms with van der Waals surface area (Å²) in [5, 5.41) is 13.8. The minimum Gasteiger partial charge on any atom is -0.481 e. The van der Waals surface area contributed by atoms with Gasteiger partial charge in [-0.1, -0.05) is 78.0 Å². The molecule has 1 aliphatic rings. The lowest BCUT2D eigenvalue weighted by Crippen LogP contribution is -2.19. The van der Waals surface area contributed by atoms with E-state index in [0.717, 1.165) is 44.9 Å². The smallest absolute Gasteiger partial charge is 0.314 e. The summed E-state index contributed by atoms with van der Waals surface area (Å²) in [6, 6.07) is 28.5. The fraction of sp³-hybridized carbons (Fsp3) is 0.182. The lowest BCUT2D eigenvalue weighted by molar-refractivity contribution is -0.140. The van der Waals surface area contributed by atoms with Gasteiger partial charge < -0.3 is 9.63 Å². The molecule has 194 valence electrons. The normalized spacial score (nSPS) is 13.8. The molecule has 1 saturated carbocycles. The number of pyridine rings is 1. The van der Waals surface area contributed by atoms with Gasteiger partial charge in [-0.15, -0.1) is 0 Å². The molecular weight excluding hydrogens is 491 g/mol. The number of carbonyl (C=O) groups is 1. The number of hydrogen-bond acceptors (Lipinski definition) is 4. The van der Waals surface area contributed by atoms with Crippen LogP contribution in [0.5, 0.6) is 0 Å².